The third-order valence-electron chi connectivity index (χ3n) is 3.81. The van der Waals surface area contributed by atoms with Crippen LogP contribution < -0.4 is 15.5 Å². The number of nitrogens with one attached hydrogen (secondary N) is 2. The number of methoxy groups -OCH3 is 1. The maximum Gasteiger partial charge on any atom is 0.259 e. The van der Waals surface area contributed by atoms with Crippen molar-refractivity contribution in [3.63, 3.8) is 0 Å². The van der Waals surface area contributed by atoms with Gasteiger partial charge in [0, 0.05) is 11.1 Å². The van der Waals surface area contributed by atoms with Crippen LogP contribution in [0.25, 0.3) is 10.8 Å². The number of ether oxygens (including phenoxy) is 1. The van der Waals surface area contributed by atoms with Crippen LogP contribution in [-0.4, -0.2) is 25.8 Å². The van der Waals surface area contributed by atoms with Gasteiger partial charge in [0.25, 0.3) is 5.91 Å². The van der Waals surface area contributed by atoms with E-state index in [4.69, 9.17) is 4.74 Å². The summed E-state index contributed by atoms with van der Waals surface area (Å²) in [5.74, 6) is 0.600. The van der Waals surface area contributed by atoms with Crippen molar-refractivity contribution in [2.24, 2.45) is 5.10 Å². The molecule has 0 saturated carbocycles. The molecule has 3 aromatic rings. The minimum absolute atomic E-state index is 0.144. The van der Waals surface area contributed by atoms with Gasteiger partial charge in [0.1, 0.15) is 5.75 Å². The number of hydrogen-bond donors (Lipinski definition) is 2. The molecule has 0 atom stereocenters. The largest absolute Gasteiger partial charge is 0.496 e. The lowest BCUT2D eigenvalue weighted by Crippen LogP contribution is -2.25. The van der Waals surface area contributed by atoms with Crippen molar-refractivity contribution in [3.8, 4) is 5.75 Å². The van der Waals surface area contributed by atoms with Crippen LogP contribution in [0.3, 0.4) is 0 Å². The number of anilines is 1. The van der Waals surface area contributed by atoms with Crippen LogP contribution in [0.4, 0.5) is 5.69 Å². The van der Waals surface area contributed by atoms with Crippen LogP contribution in [0, 0.1) is 3.57 Å². The highest BCUT2D eigenvalue weighted by Gasteiger charge is 2.03. The van der Waals surface area contributed by atoms with Crippen molar-refractivity contribution < 1.29 is 9.53 Å². The first kappa shape index (κ1) is 18.2. The molecule has 132 valence electrons. The predicted octanol–water partition coefficient (Wildman–Crippen LogP) is 4.02. The van der Waals surface area contributed by atoms with Crippen molar-refractivity contribution in [2.75, 3.05) is 19.0 Å². The van der Waals surface area contributed by atoms with E-state index in [1.807, 2.05) is 60.7 Å². The standard InChI is InChI=1S/C20H18IN3O2/c1-26-19-10-9-14(11-17(19)21)12-23-24-20(25)13-22-18-8-4-6-15-5-2-3-7-16(15)18/h2-12,22H,13H2,1H3,(H,24,25). The van der Waals surface area contributed by atoms with Gasteiger partial charge in [0.15, 0.2) is 0 Å². The number of benzene rings is 3. The summed E-state index contributed by atoms with van der Waals surface area (Å²) >= 11 is 2.19. The van der Waals surface area contributed by atoms with Crippen LogP contribution in [-0.2, 0) is 4.79 Å². The van der Waals surface area contributed by atoms with E-state index in [0.717, 1.165) is 31.3 Å². The molecule has 0 radical (unpaired) electrons. The fourth-order valence-electron chi connectivity index (χ4n) is 2.54. The van der Waals surface area contributed by atoms with E-state index in [9.17, 15) is 4.79 Å². The third kappa shape index (κ3) is 4.51. The second-order valence-corrected chi connectivity index (χ2v) is 6.73. The van der Waals surface area contributed by atoms with E-state index < -0.39 is 0 Å². The Kier molecular flexibility index (Phi) is 6.06. The van der Waals surface area contributed by atoms with Crippen LogP contribution in [0.2, 0.25) is 0 Å². The lowest BCUT2D eigenvalue weighted by atomic mass is 10.1. The lowest BCUT2D eigenvalue weighted by Gasteiger charge is -2.08. The Bertz CT molecular complexity index is 951. The average Bonchev–Trinajstić information content (AvgIpc) is 2.66. The summed E-state index contributed by atoms with van der Waals surface area (Å²) in [4.78, 5) is 12.0. The highest BCUT2D eigenvalue weighted by atomic mass is 127. The fourth-order valence-corrected chi connectivity index (χ4v) is 3.30. The van der Waals surface area contributed by atoms with Crippen LogP contribution >= 0.6 is 22.6 Å². The molecule has 3 aromatic carbocycles. The number of hydrogen-bond acceptors (Lipinski definition) is 4. The molecule has 26 heavy (non-hydrogen) atoms. The molecule has 0 aliphatic carbocycles. The summed E-state index contributed by atoms with van der Waals surface area (Å²) in [5.41, 5.74) is 4.34. The van der Waals surface area contributed by atoms with E-state index in [-0.39, 0.29) is 12.5 Å². The number of carbonyl (C=O) groups is 1. The van der Waals surface area contributed by atoms with Gasteiger partial charge in [-0.2, -0.15) is 5.10 Å². The van der Waals surface area contributed by atoms with Crippen molar-refractivity contribution in [3.05, 3.63) is 69.8 Å². The first-order valence-corrected chi connectivity index (χ1v) is 9.12. The second kappa shape index (κ2) is 8.66. The molecule has 0 aliphatic heterocycles. The molecular weight excluding hydrogens is 441 g/mol. The van der Waals surface area contributed by atoms with Crippen LogP contribution in [0.5, 0.6) is 5.75 Å². The normalized spacial score (nSPS) is 10.8. The molecule has 0 saturated heterocycles. The summed E-state index contributed by atoms with van der Waals surface area (Å²) in [6.45, 7) is 0.144. The fraction of sp³-hybridized carbons (Fsp3) is 0.100. The Labute approximate surface area is 165 Å². The smallest absolute Gasteiger partial charge is 0.259 e. The molecular formula is C20H18IN3O2. The maximum atomic E-state index is 12.0. The molecule has 0 spiro atoms. The highest BCUT2D eigenvalue weighted by molar-refractivity contribution is 14.1. The Morgan fingerprint density at radius 3 is 2.77 bits per heavy atom. The zero-order valence-electron chi connectivity index (χ0n) is 14.2. The first-order chi connectivity index (χ1) is 12.7. The number of amides is 1. The number of halogens is 1. The molecule has 1 amide bonds. The second-order valence-electron chi connectivity index (χ2n) is 5.57. The molecule has 0 unspecified atom stereocenters. The van der Waals surface area contributed by atoms with E-state index in [2.05, 4.69) is 38.4 Å². The lowest BCUT2D eigenvalue weighted by molar-refractivity contribution is -0.119. The van der Waals surface area contributed by atoms with Gasteiger partial charge >= 0.3 is 0 Å². The summed E-state index contributed by atoms with van der Waals surface area (Å²) in [7, 11) is 1.63. The Morgan fingerprint density at radius 1 is 1.15 bits per heavy atom. The molecule has 0 aliphatic rings. The first-order valence-electron chi connectivity index (χ1n) is 8.04. The van der Waals surface area contributed by atoms with Crippen LogP contribution in [0.15, 0.2) is 65.8 Å². The van der Waals surface area contributed by atoms with Gasteiger partial charge in [-0.1, -0.05) is 36.4 Å². The summed E-state index contributed by atoms with van der Waals surface area (Å²) < 4.78 is 6.20. The van der Waals surface area contributed by atoms with Gasteiger partial charge in [-0.25, -0.2) is 5.43 Å². The molecule has 0 aromatic heterocycles. The van der Waals surface area contributed by atoms with Crippen LogP contribution in [0.1, 0.15) is 5.56 Å². The van der Waals surface area contributed by atoms with Crippen molar-refractivity contribution in [1.29, 1.82) is 0 Å². The Hall–Kier alpha value is -2.61. The van der Waals surface area contributed by atoms with Gasteiger partial charge in [-0.15, -0.1) is 0 Å². The molecule has 0 bridgehead atoms. The zero-order chi connectivity index (χ0) is 18.4. The molecule has 0 heterocycles. The Morgan fingerprint density at radius 2 is 1.96 bits per heavy atom. The maximum absolute atomic E-state index is 12.0. The minimum atomic E-state index is -0.211. The average molecular weight is 459 g/mol. The van der Waals surface area contributed by atoms with E-state index in [1.165, 1.54) is 0 Å². The van der Waals surface area contributed by atoms with Crippen molar-refractivity contribution >= 4 is 51.2 Å². The molecule has 2 N–H and O–H groups in total. The number of fused-ring (bicyclic) bond motifs is 1. The number of rotatable bonds is 6. The Balaban J connectivity index is 1.56. The number of hydrazone groups is 1. The molecule has 6 heteroatoms. The summed E-state index contributed by atoms with van der Waals surface area (Å²) in [6.07, 6.45) is 1.61. The molecule has 3 rings (SSSR count). The van der Waals surface area contributed by atoms with Gasteiger partial charge in [0.2, 0.25) is 0 Å². The topological polar surface area (TPSA) is 62.7 Å². The highest BCUT2D eigenvalue weighted by Crippen LogP contribution is 2.22. The number of nitrogens with zero attached hydrogens (tertiary/aromatic N) is 1. The summed E-state index contributed by atoms with van der Waals surface area (Å²) in [5, 5.41) is 9.37. The predicted molar refractivity (Wildman–Crippen MR) is 114 cm³/mol. The van der Waals surface area contributed by atoms with Gasteiger partial charge in [0.05, 0.1) is 23.4 Å². The van der Waals surface area contributed by atoms with Gasteiger partial charge in [-0.05, 0) is 57.8 Å². The van der Waals surface area contributed by atoms with E-state index in [0.29, 0.717) is 0 Å². The van der Waals surface area contributed by atoms with E-state index >= 15 is 0 Å². The van der Waals surface area contributed by atoms with Crippen molar-refractivity contribution in [1.82, 2.24) is 5.43 Å². The number of carbonyl (C=O) groups excluding carboxylic acids is 1. The van der Waals surface area contributed by atoms with Gasteiger partial charge in [-0.3, -0.25) is 4.79 Å². The molecule has 5 nitrogen and oxygen atoms in total. The third-order valence-corrected chi connectivity index (χ3v) is 4.65. The quantitative estimate of drug-likeness (QED) is 0.333. The summed E-state index contributed by atoms with van der Waals surface area (Å²) in [6, 6.07) is 19.7. The van der Waals surface area contributed by atoms with E-state index in [1.54, 1.807) is 13.3 Å². The monoisotopic (exact) mass is 459 g/mol. The van der Waals surface area contributed by atoms with Crippen molar-refractivity contribution in [2.45, 2.75) is 0 Å². The van der Waals surface area contributed by atoms with Gasteiger partial charge < -0.3 is 10.1 Å². The SMILES string of the molecule is COc1ccc(C=NNC(=O)CNc2cccc3ccccc23)cc1I. The zero-order valence-corrected chi connectivity index (χ0v) is 16.4. The molecule has 0 fully saturated rings. The minimum Gasteiger partial charge on any atom is -0.496 e.